The van der Waals surface area contributed by atoms with Crippen LogP contribution >= 0.6 is 0 Å². The van der Waals surface area contributed by atoms with E-state index in [4.69, 9.17) is 0 Å². The molecule has 1 atom stereocenters. The van der Waals surface area contributed by atoms with Crippen LogP contribution in [0.2, 0.25) is 0 Å². The van der Waals surface area contributed by atoms with Crippen molar-refractivity contribution in [2.24, 2.45) is 0 Å². The van der Waals surface area contributed by atoms with Crippen molar-refractivity contribution in [3.8, 4) is 0 Å². The summed E-state index contributed by atoms with van der Waals surface area (Å²) in [6, 6.07) is 12.0. The molecule has 0 aliphatic heterocycles. The molecule has 2 aromatic heterocycles. The minimum absolute atomic E-state index is 0.231. The van der Waals surface area contributed by atoms with Gasteiger partial charge in [0, 0.05) is 17.0 Å². The Balaban J connectivity index is 1.90. The van der Waals surface area contributed by atoms with Crippen molar-refractivity contribution in [3.05, 3.63) is 82.3 Å². The van der Waals surface area contributed by atoms with Crippen LogP contribution in [-0.2, 0) is 0 Å². The Kier molecular flexibility index (Phi) is 3.88. The molecule has 0 aliphatic carbocycles. The summed E-state index contributed by atoms with van der Waals surface area (Å²) < 4.78 is 27.3. The third-order valence-electron chi connectivity index (χ3n) is 4.38. The summed E-state index contributed by atoms with van der Waals surface area (Å²) in [5, 5.41) is 4.69. The number of hydrogen-bond donors (Lipinski definition) is 2. The smallest absolute Gasteiger partial charge is 0.258 e. The van der Waals surface area contributed by atoms with Gasteiger partial charge in [-0.2, -0.15) is 0 Å². The maximum absolute atomic E-state index is 13.8. The molecule has 130 valence electrons. The SMILES string of the molecule is CC(Nc1nc2cc[nH]c(=O)c2c2cc(F)ccc12)c1cccc(F)c1. The van der Waals surface area contributed by atoms with Gasteiger partial charge in [0.15, 0.2) is 0 Å². The molecular formula is C20H15F2N3O. The third-order valence-corrected chi connectivity index (χ3v) is 4.38. The normalized spacial score (nSPS) is 12.4. The number of hydrogen-bond acceptors (Lipinski definition) is 3. The van der Waals surface area contributed by atoms with Gasteiger partial charge in [-0.15, -0.1) is 0 Å². The number of nitrogens with zero attached hydrogens (tertiary/aromatic N) is 1. The number of benzene rings is 2. The van der Waals surface area contributed by atoms with E-state index in [0.29, 0.717) is 27.5 Å². The molecule has 0 bridgehead atoms. The van der Waals surface area contributed by atoms with Crippen LogP contribution in [0.3, 0.4) is 0 Å². The zero-order valence-corrected chi connectivity index (χ0v) is 13.9. The molecule has 0 amide bonds. The van der Waals surface area contributed by atoms with Crippen molar-refractivity contribution in [1.29, 1.82) is 0 Å². The summed E-state index contributed by atoms with van der Waals surface area (Å²) in [5.41, 5.74) is 0.893. The monoisotopic (exact) mass is 351 g/mol. The minimum Gasteiger partial charge on any atom is -0.363 e. The molecule has 1 unspecified atom stereocenters. The molecule has 0 radical (unpaired) electrons. The molecule has 0 saturated heterocycles. The Morgan fingerprint density at radius 3 is 2.65 bits per heavy atom. The van der Waals surface area contributed by atoms with Crippen molar-refractivity contribution in [1.82, 2.24) is 9.97 Å². The highest BCUT2D eigenvalue weighted by Gasteiger charge is 2.14. The van der Waals surface area contributed by atoms with Gasteiger partial charge in [-0.05, 0) is 48.9 Å². The van der Waals surface area contributed by atoms with Crippen LogP contribution in [0.25, 0.3) is 21.7 Å². The fraction of sp³-hybridized carbons (Fsp3) is 0.100. The summed E-state index contributed by atoms with van der Waals surface area (Å²) in [6.07, 6.45) is 1.50. The van der Waals surface area contributed by atoms with Gasteiger partial charge in [0.05, 0.1) is 16.9 Å². The maximum atomic E-state index is 13.8. The van der Waals surface area contributed by atoms with Crippen molar-refractivity contribution in [2.45, 2.75) is 13.0 Å². The highest BCUT2D eigenvalue weighted by atomic mass is 19.1. The molecule has 6 heteroatoms. The number of aromatic nitrogens is 2. The molecule has 4 nitrogen and oxygen atoms in total. The molecule has 2 aromatic carbocycles. The first-order valence-electron chi connectivity index (χ1n) is 8.15. The molecule has 4 rings (SSSR count). The van der Waals surface area contributed by atoms with E-state index in [9.17, 15) is 13.6 Å². The fourth-order valence-electron chi connectivity index (χ4n) is 3.11. The second-order valence-corrected chi connectivity index (χ2v) is 6.14. The van der Waals surface area contributed by atoms with Crippen molar-refractivity contribution in [2.75, 3.05) is 5.32 Å². The van der Waals surface area contributed by atoms with E-state index in [2.05, 4.69) is 15.3 Å². The topological polar surface area (TPSA) is 57.8 Å². The van der Waals surface area contributed by atoms with Gasteiger partial charge in [0.1, 0.15) is 17.5 Å². The first-order valence-corrected chi connectivity index (χ1v) is 8.15. The number of H-pyrrole nitrogens is 1. The third kappa shape index (κ3) is 2.79. The fourth-order valence-corrected chi connectivity index (χ4v) is 3.11. The van der Waals surface area contributed by atoms with Gasteiger partial charge in [0.25, 0.3) is 5.56 Å². The quantitative estimate of drug-likeness (QED) is 0.533. The average molecular weight is 351 g/mol. The summed E-state index contributed by atoms with van der Waals surface area (Å²) in [5.74, 6) is -0.242. The predicted octanol–water partition coefficient (Wildman–Crippen LogP) is 4.53. The molecule has 0 saturated carbocycles. The highest BCUT2D eigenvalue weighted by Crippen LogP contribution is 2.30. The van der Waals surface area contributed by atoms with Crippen LogP contribution in [0.15, 0.2) is 59.5 Å². The number of rotatable bonds is 3. The number of nitrogens with one attached hydrogen (secondary N) is 2. The van der Waals surface area contributed by atoms with Crippen LogP contribution in [-0.4, -0.2) is 9.97 Å². The minimum atomic E-state index is -0.433. The van der Waals surface area contributed by atoms with Gasteiger partial charge in [-0.25, -0.2) is 13.8 Å². The zero-order chi connectivity index (χ0) is 18.3. The summed E-state index contributed by atoms with van der Waals surface area (Å²) in [6.45, 7) is 1.88. The Bertz CT molecular complexity index is 1190. The van der Waals surface area contributed by atoms with Crippen LogP contribution in [0.4, 0.5) is 14.6 Å². The number of pyridine rings is 2. The average Bonchev–Trinajstić information content (AvgIpc) is 2.61. The molecule has 0 spiro atoms. The molecular weight excluding hydrogens is 336 g/mol. The number of anilines is 1. The molecule has 4 aromatic rings. The first kappa shape index (κ1) is 16.2. The van der Waals surface area contributed by atoms with E-state index in [1.54, 1.807) is 18.2 Å². The van der Waals surface area contributed by atoms with Gasteiger partial charge in [0.2, 0.25) is 0 Å². The van der Waals surface area contributed by atoms with Gasteiger partial charge in [-0.1, -0.05) is 12.1 Å². The van der Waals surface area contributed by atoms with E-state index >= 15 is 0 Å². The van der Waals surface area contributed by atoms with Crippen LogP contribution in [0.1, 0.15) is 18.5 Å². The molecule has 0 aliphatic rings. The zero-order valence-electron chi connectivity index (χ0n) is 13.9. The maximum Gasteiger partial charge on any atom is 0.258 e. The van der Waals surface area contributed by atoms with E-state index in [1.165, 1.54) is 30.5 Å². The highest BCUT2D eigenvalue weighted by molar-refractivity contribution is 6.09. The lowest BCUT2D eigenvalue weighted by molar-refractivity contribution is 0.623. The molecule has 2 N–H and O–H groups in total. The van der Waals surface area contributed by atoms with E-state index in [0.717, 1.165) is 5.56 Å². The second-order valence-electron chi connectivity index (χ2n) is 6.14. The molecule has 2 heterocycles. The van der Waals surface area contributed by atoms with Crippen molar-refractivity contribution >= 4 is 27.5 Å². The predicted molar refractivity (Wildman–Crippen MR) is 98.3 cm³/mol. The second kappa shape index (κ2) is 6.22. The first-order chi connectivity index (χ1) is 12.5. The lowest BCUT2D eigenvalue weighted by Crippen LogP contribution is -2.11. The lowest BCUT2D eigenvalue weighted by atomic mass is 10.1. The molecule has 0 fully saturated rings. The van der Waals surface area contributed by atoms with Gasteiger partial charge in [-0.3, -0.25) is 4.79 Å². The summed E-state index contributed by atoms with van der Waals surface area (Å²) in [4.78, 5) is 19.3. The van der Waals surface area contributed by atoms with Crippen LogP contribution in [0.5, 0.6) is 0 Å². The Hall–Kier alpha value is -3.28. The Labute approximate surface area is 147 Å². The summed E-state index contributed by atoms with van der Waals surface area (Å²) >= 11 is 0. The van der Waals surface area contributed by atoms with E-state index in [1.807, 2.05) is 13.0 Å². The number of aromatic amines is 1. The van der Waals surface area contributed by atoms with E-state index < -0.39 is 5.82 Å². The van der Waals surface area contributed by atoms with Gasteiger partial charge >= 0.3 is 0 Å². The van der Waals surface area contributed by atoms with Crippen LogP contribution < -0.4 is 10.9 Å². The Morgan fingerprint density at radius 2 is 1.85 bits per heavy atom. The van der Waals surface area contributed by atoms with Crippen molar-refractivity contribution < 1.29 is 8.78 Å². The van der Waals surface area contributed by atoms with Gasteiger partial charge < -0.3 is 10.3 Å². The molecule has 26 heavy (non-hydrogen) atoms. The van der Waals surface area contributed by atoms with Crippen molar-refractivity contribution in [3.63, 3.8) is 0 Å². The standard InChI is InChI=1S/C20H15F2N3O/c1-11(12-3-2-4-13(21)9-12)24-19-15-6-5-14(22)10-16(15)18-17(25-19)7-8-23-20(18)26/h2-11H,1H3,(H,23,26)(H,24,25). The lowest BCUT2D eigenvalue weighted by Gasteiger charge is -2.17. The largest absolute Gasteiger partial charge is 0.363 e. The van der Waals surface area contributed by atoms with E-state index in [-0.39, 0.29) is 17.4 Å². The summed E-state index contributed by atoms with van der Waals surface area (Å²) in [7, 11) is 0. The number of halogens is 2. The van der Waals surface area contributed by atoms with Crippen LogP contribution in [0, 0.1) is 11.6 Å². The number of fused-ring (bicyclic) bond motifs is 3. The Morgan fingerprint density at radius 1 is 1.04 bits per heavy atom.